The van der Waals surface area contributed by atoms with E-state index in [0.29, 0.717) is 18.0 Å². The van der Waals surface area contributed by atoms with E-state index in [4.69, 9.17) is 10.5 Å². The molecule has 1 saturated carbocycles. The molecule has 0 unspecified atom stereocenters. The molecular weight excluding hydrogens is 356 g/mol. The summed E-state index contributed by atoms with van der Waals surface area (Å²) in [5.41, 5.74) is 7.48. The minimum absolute atomic E-state index is 0.125. The van der Waals surface area contributed by atoms with Crippen LogP contribution in [0.4, 0.5) is 5.82 Å². The predicted molar refractivity (Wildman–Crippen MR) is 106 cm³/mol. The zero-order valence-corrected chi connectivity index (χ0v) is 16.4. The lowest BCUT2D eigenvalue weighted by atomic mass is 9.92. The average molecular weight is 386 g/mol. The molecule has 28 heavy (non-hydrogen) atoms. The van der Waals surface area contributed by atoms with Crippen LogP contribution in [-0.4, -0.2) is 53.5 Å². The number of hydrogen-bond acceptors (Lipinski definition) is 5. The smallest absolute Gasteiger partial charge is 0.255 e. The van der Waals surface area contributed by atoms with Crippen molar-refractivity contribution in [3.8, 4) is 0 Å². The lowest BCUT2D eigenvalue weighted by Crippen LogP contribution is -2.43. The molecule has 1 aliphatic carbocycles. The van der Waals surface area contributed by atoms with Gasteiger partial charge in [-0.05, 0) is 50.7 Å². The molecule has 0 radical (unpaired) electrons. The van der Waals surface area contributed by atoms with Gasteiger partial charge in [-0.2, -0.15) is 0 Å². The Labute approximate surface area is 166 Å². The average Bonchev–Trinajstić information content (AvgIpc) is 3.41. The Morgan fingerprint density at radius 1 is 1.07 bits per heavy atom. The van der Waals surface area contributed by atoms with Gasteiger partial charge in [-0.25, -0.2) is 4.98 Å². The number of nitrogens with zero attached hydrogens (tertiary/aromatic N) is 2. The van der Waals surface area contributed by atoms with Gasteiger partial charge in [0, 0.05) is 37.4 Å². The molecular formula is C21H30N4O3. The molecule has 1 aromatic rings. The van der Waals surface area contributed by atoms with Crippen molar-refractivity contribution in [2.45, 2.75) is 69.4 Å². The van der Waals surface area contributed by atoms with Crippen molar-refractivity contribution in [2.75, 3.05) is 25.4 Å². The van der Waals surface area contributed by atoms with Crippen molar-refractivity contribution in [3.05, 3.63) is 23.4 Å². The van der Waals surface area contributed by atoms with Crippen molar-refractivity contribution in [3.63, 3.8) is 0 Å². The number of aromatic nitrogens is 1. The number of carbonyl (C=O) groups is 2. The highest BCUT2D eigenvalue weighted by Crippen LogP contribution is 2.29. The van der Waals surface area contributed by atoms with E-state index in [2.05, 4.69) is 10.3 Å². The van der Waals surface area contributed by atoms with Gasteiger partial charge < -0.3 is 20.7 Å². The molecule has 3 N–H and O–H groups in total. The highest BCUT2D eigenvalue weighted by atomic mass is 16.5. The number of carbonyl (C=O) groups excluding carboxylic acids is 2. The van der Waals surface area contributed by atoms with Gasteiger partial charge in [-0.3, -0.25) is 9.59 Å². The van der Waals surface area contributed by atoms with E-state index in [-0.39, 0.29) is 29.9 Å². The third-order valence-electron chi connectivity index (χ3n) is 6.31. The number of pyridine rings is 1. The molecule has 1 aromatic heterocycles. The van der Waals surface area contributed by atoms with E-state index in [9.17, 15) is 9.59 Å². The molecule has 0 bridgehead atoms. The quantitative estimate of drug-likeness (QED) is 0.827. The normalized spacial score (nSPS) is 23.9. The summed E-state index contributed by atoms with van der Waals surface area (Å²) in [5, 5.41) is 3.06. The van der Waals surface area contributed by atoms with E-state index in [1.165, 1.54) is 12.8 Å². The van der Waals surface area contributed by atoms with E-state index < -0.39 is 0 Å². The number of nitrogens with one attached hydrogen (secondary N) is 1. The predicted octanol–water partition coefficient (Wildman–Crippen LogP) is 2.22. The minimum Gasteiger partial charge on any atom is -0.383 e. The molecule has 1 atom stereocenters. The summed E-state index contributed by atoms with van der Waals surface area (Å²) >= 11 is 0. The topological polar surface area (TPSA) is 97.6 Å². The van der Waals surface area contributed by atoms with E-state index >= 15 is 0 Å². The molecule has 152 valence electrons. The zero-order chi connectivity index (χ0) is 19.5. The van der Waals surface area contributed by atoms with Gasteiger partial charge in [0.2, 0.25) is 0 Å². The van der Waals surface area contributed by atoms with Crippen molar-refractivity contribution < 1.29 is 14.3 Å². The van der Waals surface area contributed by atoms with Crippen LogP contribution in [0.25, 0.3) is 0 Å². The van der Waals surface area contributed by atoms with Crippen molar-refractivity contribution in [1.29, 1.82) is 0 Å². The van der Waals surface area contributed by atoms with Crippen LogP contribution < -0.4 is 11.1 Å². The number of amides is 2. The van der Waals surface area contributed by atoms with Gasteiger partial charge in [0.15, 0.2) is 0 Å². The van der Waals surface area contributed by atoms with Crippen LogP contribution in [0, 0.1) is 0 Å². The zero-order valence-electron chi connectivity index (χ0n) is 16.4. The molecule has 2 saturated heterocycles. The number of nitrogen functional groups attached to an aromatic ring is 1. The molecule has 0 aromatic carbocycles. The number of ether oxygens (including phenoxy) is 1. The molecule has 3 heterocycles. The van der Waals surface area contributed by atoms with Gasteiger partial charge in [-0.15, -0.1) is 0 Å². The van der Waals surface area contributed by atoms with Crippen molar-refractivity contribution >= 4 is 17.6 Å². The summed E-state index contributed by atoms with van der Waals surface area (Å²) < 4.78 is 5.52. The van der Waals surface area contributed by atoms with Crippen LogP contribution in [0.3, 0.4) is 0 Å². The van der Waals surface area contributed by atoms with Crippen LogP contribution in [0.15, 0.2) is 12.1 Å². The van der Waals surface area contributed by atoms with E-state index in [1.807, 2.05) is 11.0 Å². The summed E-state index contributed by atoms with van der Waals surface area (Å²) in [7, 11) is 0. The molecule has 3 fully saturated rings. The van der Waals surface area contributed by atoms with Crippen molar-refractivity contribution in [2.24, 2.45) is 0 Å². The SMILES string of the molecule is Nc1nc(C2CCN(C(=O)[C@H]3CCCO3)CC2)ccc1C(=O)NC1CCCC1. The first kappa shape index (κ1) is 19.2. The maximum Gasteiger partial charge on any atom is 0.255 e. The summed E-state index contributed by atoms with van der Waals surface area (Å²) in [6, 6.07) is 3.98. The van der Waals surface area contributed by atoms with Gasteiger partial charge in [0.25, 0.3) is 11.8 Å². The Hall–Kier alpha value is -2.15. The van der Waals surface area contributed by atoms with Crippen LogP contribution >= 0.6 is 0 Å². The standard InChI is InChI=1S/C21H30N4O3/c22-19-16(20(26)23-15-4-1-2-5-15)7-8-17(24-19)14-9-11-25(12-10-14)21(27)18-6-3-13-28-18/h7-8,14-15,18H,1-6,9-13H2,(H2,22,24)(H,23,26)/t18-/m1/s1. The van der Waals surface area contributed by atoms with E-state index in [1.54, 1.807) is 6.07 Å². The number of likely N-dealkylation sites (tertiary alicyclic amines) is 1. The summed E-state index contributed by atoms with van der Waals surface area (Å²) in [6.45, 7) is 2.13. The number of piperidine rings is 1. The molecule has 2 amide bonds. The fourth-order valence-electron chi connectivity index (χ4n) is 4.62. The van der Waals surface area contributed by atoms with Crippen LogP contribution in [0.1, 0.15) is 73.3 Å². The highest BCUT2D eigenvalue weighted by Gasteiger charge is 2.31. The monoisotopic (exact) mass is 386 g/mol. The summed E-state index contributed by atoms with van der Waals surface area (Å²) in [6.07, 6.45) is 7.70. The lowest BCUT2D eigenvalue weighted by molar-refractivity contribution is -0.142. The molecule has 2 aliphatic heterocycles. The van der Waals surface area contributed by atoms with Gasteiger partial charge in [0.1, 0.15) is 11.9 Å². The third kappa shape index (κ3) is 4.14. The summed E-state index contributed by atoms with van der Waals surface area (Å²) in [5.74, 6) is 0.566. The Balaban J connectivity index is 1.34. The molecule has 4 rings (SSSR count). The fraction of sp³-hybridized carbons (Fsp3) is 0.667. The first-order valence-corrected chi connectivity index (χ1v) is 10.6. The Bertz CT molecular complexity index is 718. The Kier molecular flexibility index (Phi) is 5.80. The second kappa shape index (κ2) is 8.47. The maximum absolute atomic E-state index is 12.5. The largest absolute Gasteiger partial charge is 0.383 e. The van der Waals surface area contributed by atoms with Gasteiger partial charge in [-0.1, -0.05) is 12.8 Å². The Morgan fingerprint density at radius 3 is 2.46 bits per heavy atom. The Morgan fingerprint density at radius 2 is 1.82 bits per heavy atom. The second-order valence-corrected chi connectivity index (χ2v) is 8.22. The number of hydrogen-bond donors (Lipinski definition) is 2. The molecule has 7 heteroatoms. The number of rotatable bonds is 4. The lowest BCUT2D eigenvalue weighted by Gasteiger charge is -2.33. The highest BCUT2D eigenvalue weighted by molar-refractivity contribution is 5.98. The van der Waals surface area contributed by atoms with E-state index in [0.717, 1.165) is 57.3 Å². The second-order valence-electron chi connectivity index (χ2n) is 8.22. The van der Waals surface area contributed by atoms with Crippen LogP contribution in [-0.2, 0) is 9.53 Å². The number of anilines is 1. The van der Waals surface area contributed by atoms with Gasteiger partial charge >= 0.3 is 0 Å². The first-order valence-electron chi connectivity index (χ1n) is 10.6. The first-order chi connectivity index (χ1) is 13.6. The summed E-state index contributed by atoms with van der Waals surface area (Å²) in [4.78, 5) is 31.4. The maximum atomic E-state index is 12.5. The van der Waals surface area contributed by atoms with Crippen LogP contribution in [0.2, 0.25) is 0 Å². The van der Waals surface area contributed by atoms with Crippen molar-refractivity contribution in [1.82, 2.24) is 15.2 Å². The third-order valence-corrected chi connectivity index (χ3v) is 6.31. The minimum atomic E-state index is -0.247. The fourth-order valence-corrected chi connectivity index (χ4v) is 4.62. The molecule has 0 spiro atoms. The number of nitrogens with two attached hydrogens (primary N) is 1. The van der Waals surface area contributed by atoms with Crippen LogP contribution in [0.5, 0.6) is 0 Å². The van der Waals surface area contributed by atoms with Gasteiger partial charge in [0.05, 0.1) is 5.56 Å². The molecule has 7 nitrogen and oxygen atoms in total. The molecule has 3 aliphatic rings.